The van der Waals surface area contributed by atoms with Crippen molar-refractivity contribution in [3.05, 3.63) is 23.9 Å². The van der Waals surface area contributed by atoms with Crippen LogP contribution in [0.25, 0.3) is 10.9 Å². The molecular formula is C20H28N4O2. The molecule has 0 radical (unpaired) electrons. The van der Waals surface area contributed by atoms with Gasteiger partial charge in [0.1, 0.15) is 5.75 Å². The van der Waals surface area contributed by atoms with Crippen LogP contribution in [0, 0.1) is 6.92 Å². The van der Waals surface area contributed by atoms with E-state index in [1.165, 1.54) is 25.9 Å². The van der Waals surface area contributed by atoms with E-state index in [1.54, 1.807) is 7.11 Å². The number of aromatic nitrogens is 2. The standard InChI is InChI=1S/C20H28N4O2/c1-15-18-7-6-16(25-2)12-19(18)22-20(21-15)24-10-5-11-26-17(14-24)13-23-8-3-4-9-23/h6-7,12,17H,3-5,8-11,13-14H2,1-2H3. The van der Waals surface area contributed by atoms with Crippen LogP contribution in [0.1, 0.15) is 25.0 Å². The smallest absolute Gasteiger partial charge is 0.226 e. The lowest BCUT2D eigenvalue weighted by molar-refractivity contribution is 0.0450. The number of fused-ring (bicyclic) bond motifs is 1. The van der Waals surface area contributed by atoms with Crippen molar-refractivity contribution in [3.8, 4) is 5.75 Å². The minimum Gasteiger partial charge on any atom is -0.497 e. The molecule has 1 aromatic heterocycles. The first-order valence-corrected chi connectivity index (χ1v) is 9.64. The number of likely N-dealkylation sites (tertiary alicyclic amines) is 1. The molecule has 2 aromatic rings. The lowest BCUT2D eigenvalue weighted by Gasteiger charge is -2.27. The first-order valence-electron chi connectivity index (χ1n) is 9.64. The zero-order chi connectivity index (χ0) is 17.9. The van der Waals surface area contributed by atoms with Crippen molar-refractivity contribution in [2.75, 3.05) is 51.3 Å². The van der Waals surface area contributed by atoms with E-state index in [2.05, 4.69) is 16.7 Å². The number of hydrogen-bond donors (Lipinski definition) is 0. The Hall–Kier alpha value is -1.92. The Bertz CT molecular complexity index is 761. The number of aryl methyl sites for hydroxylation is 1. The summed E-state index contributed by atoms with van der Waals surface area (Å²) < 4.78 is 11.5. The van der Waals surface area contributed by atoms with Gasteiger partial charge in [-0.05, 0) is 51.4 Å². The quantitative estimate of drug-likeness (QED) is 0.839. The van der Waals surface area contributed by atoms with Crippen LogP contribution in [-0.4, -0.2) is 67.4 Å². The predicted molar refractivity (Wildman–Crippen MR) is 103 cm³/mol. The molecule has 0 aliphatic carbocycles. The maximum atomic E-state index is 6.11. The fraction of sp³-hybridized carbons (Fsp3) is 0.600. The highest BCUT2D eigenvalue weighted by atomic mass is 16.5. The van der Waals surface area contributed by atoms with Gasteiger partial charge in [-0.3, -0.25) is 0 Å². The van der Waals surface area contributed by atoms with E-state index < -0.39 is 0 Å². The van der Waals surface area contributed by atoms with E-state index in [4.69, 9.17) is 19.4 Å². The lowest BCUT2D eigenvalue weighted by Crippen LogP contribution is -2.40. The summed E-state index contributed by atoms with van der Waals surface area (Å²) in [6.45, 7) is 8.07. The number of methoxy groups -OCH3 is 1. The van der Waals surface area contributed by atoms with E-state index in [0.717, 1.165) is 61.0 Å². The topological polar surface area (TPSA) is 50.7 Å². The summed E-state index contributed by atoms with van der Waals surface area (Å²) >= 11 is 0. The maximum absolute atomic E-state index is 6.11. The lowest BCUT2D eigenvalue weighted by atomic mass is 10.2. The molecule has 3 heterocycles. The molecule has 0 spiro atoms. The van der Waals surface area contributed by atoms with Gasteiger partial charge in [-0.2, -0.15) is 0 Å². The molecule has 0 N–H and O–H groups in total. The molecule has 6 nitrogen and oxygen atoms in total. The number of hydrogen-bond acceptors (Lipinski definition) is 6. The van der Waals surface area contributed by atoms with E-state index >= 15 is 0 Å². The van der Waals surface area contributed by atoms with E-state index in [9.17, 15) is 0 Å². The summed E-state index contributed by atoms with van der Waals surface area (Å²) in [6, 6.07) is 5.99. The molecule has 2 saturated heterocycles. The van der Waals surface area contributed by atoms with Crippen LogP contribution in [-0.2, 0) is 4.74 Å². The third kappa shape index (κ3) is 3.76. The first kappa shape index (κ1) is 17.5. The Labute approximate surface area is 155 Å². The molecule has 2 aliphatic rings. The third-order valence-electron chi connectivity index (χ3n) is 5.38. The molecule has 1 atom stereocenters. The van der Waals surface area contributed by atoms with Gasteiger partial charge >= 0.3 is 0 Å². The molecule has 0 bridgehead atoms. The van der Waals surface area contributed by atoms with Gasteiger partial charge in [-0.1, -0.05) is 0 Å². The average molecular weight is 356 g/mol. The SMILES string of the molecule is COc1ccc2c(C)nc(N3CCCOC(CN4CCCC4)C3)nc2c1. The Morgan fingerprint density at radius 3 is 2.81 bits per heavy atom. The molecule has 2 fully saturated rings. The van der Waals surface area contributed by atoms with E-state index in [-0.39, 0.29) is 6.10 Å². The van der Waals surface area contributed by atoms with Crippen LogP contribution in [0.2, 0.25) is 0 Å². The molecule has 4 rings (SSSR count). The van der Waals surface area contributed by atoms with Crippen LogP contribution in [0.4, 0.5) is 5.95 Å². The fourth-order valence-corrected chi connectivity index (χ4v) is 3.96. The molecule has 2 aliphatic heterocycles. The first-order chi connectivity index (χ1) is 12.7. The summed E-state index contributed by atoms with van der Waals surface area (Å²) in [6.07, 6.45) is 3.85. The van der Waals surface area contributed by atoms with E-state index in [1.807, 2.05) is 18.2 Å². The Balaban J connectivity index is 1.57. The summed E-state index contributed by atoms with van der Waals surface area (Å²) in [5.74, 6) is 1.63. The van der Waals surface area contributed by atoms with Crippen molar-refractivity contribution in [1.82, 2.24) is 14.9 Å². The van der Waals surface area contributed by atoms with Crippen molar-refractivity contribution in [1.29, 1.82) is 0 Å². The molecule has 0 saturated carbocycles. The van der Waals surface area contributed by atoms with E-state index in [0.29, 0.717) is 0 Å². The van der Waals surface area contributed by atoms with Crippen molar-refractivity contribution >= 4 is 16.9 Å². The number of rotatable bonds is 4. The number of anilines is 1. The van der Waals surface area contributed by atoms with Crippen molar-refractivity contribution < 1.29 is 9.47 Å². The second kappa shape index (κ2) is 7.76. The van der Waals surface area contributed by atoms with Crippen LogP contribution < -0.4 is 9.64 Å². The number of nitrogens with zero attached hydrogens (tertiary/aromatic N) is 4. The maximum Gasteiger partial charge on any atom is 0.226 e. The molecule has 0 amide bonds. The number of benzene rings is 1. The van der Waals surface area contributed by atoms with Crippen molar-refractivity contribution in [2.24, 2.45) is 0 Å². The minimum atomic E-state index is 0.223. The van der Waals surface area contributed by atoms with Crippen molar-refractivity contribution in [2.45, 2.75) is 32.3 Å². The molecule has 140 valence electrons. The van der Waals surface area contributed by atoms with Gasteiger partial charge in [0.15, 0.2) is 0 Å². The van der Waals surface area contributed by atoms with Crippen LogP contribution in [0.15, 0.2) is 18.2 Å². The Kier molecular flexibility index (Phi) is 5.22. The van der Waals surface area contributed by atoms with Gasteiger partial charge in [0.05, 0.1) is 24.4 Å². The van der Waals surface area contributed by atoms with Gasteiger partial charge in [0.25, 0.3) is 0 Å². The highest BCUT2D eigenvalue weighted by molar-refractivity contribution is 5.83. The highest BCUT2D eigenvalue weighted by Crippen LogP contribution is 2.24. The zero-order valence-electron chi connectivity index (χ0n) is 15.8. The monoisotopic (exact) mass is 356 g/mol. The number of ether oxygens (including phenoxy) is 2. The van der Waals surface area contributed by atoms with Gasteiger partial charge < -0.3 is 19.3 Å². The zero-order valence-corrected chi connectivity index (χ0v) is 15.8. The molecule has 26 heavy (non-hydrogen) atoms. The summed E-state index contributed by atoms with van der Waals surface area (Å²) in [5.41, 5.74) is 1.95. The molecule has 6 heteroatoms. The average Bonchev–Trinajstić information content (AvgIpc) is 3.05. The fourth-order valence-electron chi connectivity index (χ4n) is 3.96. The molecule has 1 unspecified atom stereocenters. The van der Waals surface area contributed by atoms with Crippen LogP contribution >= 0.6 is 0 Å². The normalized spacial score (nSPS) is 21.9. The van der Waals surface area contributed by atoms with Crippen molar-refractivity contribution in [3.63, 3.8) is 0 Å². The molecular weight excluding hydrogens is 328 g/mol. The predicted octanol–water partition coefficient (Wildman–Crippen LogP) is 2.64. The van der Waals surface area contributed by atoms with Gasteiger partial charge in [0, 0.05) is 37.7 Å². The summed E-state index contributed by atoms with van der Waals surface area (Å²) in [5, 5.41) is 1.08. The Morgan fingerprint density at radius 1 is 1.15 bits per heavy atom. The summed E-state index contributed by atoms with van der Waals surface area (Å²) in [7, 11) is 1.69. The summed E-state index contributed by atoms with van der Waals surface area (Å²) in [4.78, 5) is 14.4. The van der Waals surface area contributed by atoms with Crippen LogP contribution in [0.3, 0.4) is 0 Å². The van der Waals surface area contributed by atoms with Gasteiger partial charge in [0.2, 0.25) is 5.95 Å². The third-order valence-corrected chi connectivity index (χ3v) is 5.38. The van der Waals surface area contributed by atoms with Gasteiger partial charge in [-0.15, -0.1) is 0 Å². The van der Waals surface area contributed by atoms with Crippen LogP contribution in [0.5, 0.6) is 5.75 Å². The minimum absolute atomic E-state index is 0.223. The molecule has 1 aromatic carbocycles. The second-order valence-corrected chi connectivity index (χ2v) is 7.29. The second-order valence-electron chi connectivity index (χ2n) is 7.29. The Morgan fingerprint density at radius 2 is 2.00 bits per heavy atom. The largest absolute Gasteiger partial charge is 0.497 e. The highest BCUT2D eigenvalue weighted by Gasteiger charge is 2.24. The van der Waals surface area contributed by atoms with Gasteiger partial charge in [-0.25, -0.2) is 9.97 Å².